The van der Waals surface area contributed by atoms with Crippen molar-refractivity contribution in [3.05, 3.63) is 0 Å². The molecular weight excluding hydrogens is 1470 g/mol. The Hall–Kier alpha value is -7.70. The summed E-state index contributed by atoms with van der Waals surface area (Å²) >= 11 is 0. The molecule has 0 rings (SSSR count). The van der Waals surface area contributed by atoms with Crippen LogP contribution in [-0.2, 0) is 67.1 Å². The largest absolute Gasteiger partial charge is 0.392 e. The molecule has 0 aliphatic rings. The molecule has 0 spiro atoms. The van der Waals surface area contributed by atoms with Gasteiger partial charge in [-0.05, 0) is 148 Å². The fourth-order valence-corrected chi connectivity index (χ4v) is 12.1. The maximum atomic E-state index is 14.6. The average Bonchev–Trinajstić information content (AvgIpc) is 0.838. The maximum absolute atomic E-state index is 14.6. The summed E-state index contributed by atoms with van der Waals surface area (Å²) in [6.07, 6.45) is -4.05. The fourth-order valence-electron chi connectivity index (χ4n) is 12.1. The molecule has 113 heavy (non-hydrogen) atoms. The Morgan fingerprint density at radius 2 is 0.381 bits per heavy atom. The van der Waals surface area contributed by atoms with Gasteiger partial charge < -0.3 is 105 Å². The molecule has 0 radical (unpaired) electrons. The molecule has 14 amide bonds. The van der Waals surface area contributed by atoms with Crippen molar-refractivity contribution in [1.82, 2.24) is 69.0 Å². The van der Waals surface area contributed by atoms with Gasteiger partial charge in [-0.2, -0.15) is 0 Å². The van der Waals surface area contributed by atoms with Gasteiger partial charge in [0.15, 0.2) is 0 Å². The normalized spacial score (nSPS) is 15.1. The van der Waals surface area contributed by atoms with Gasteiger partial charge in [0.25, 0.3) is 0 Å². The molecule has 0 fully saturated rings. The molecule has 0 saturated heterocycles. The van der Waals surface area contributed by atoms with E-state index in [1.54, 1.807) is 62.3 Å². The second-order valence-corrected chi connectivity index (χ2v) is 30.8. The lowest BCUT2D eigenvalue weighted by Crippen LogP contribution is -2.56. The van der Waals surface area contributed by atoms with Crippen LogP contribution in [0.1, 0.15) is 204 Å². The first kappa shape index (κ1) is 105. The summed E-state index contributed by atoms with van der Waals surface area (Å²) in [5.74, 6) is -10.2. The van der Waals surface area contributed by atoms with Gasteiger partial charge in [0.05, 0.1) is 89.0 Å². The van der Waals surface area contributed by atoms with Gasteiger partial charge in [0, 0.05) is 87.6 Å². The number of nitrogens with one attached hydrogen (secondary N) is 1. The summed E-state index contributed by atoms with van der Waals surface area (Å²) in [6.45, 7) is 25.4. The lowest BCUT2D eigenvalue weighted by molar-refractivity contribution is -0.152. The van der Waals surface area contributed by atoms with E-state index in [-0.39, 0.29) is 43.7 Å². The third-order valence-corrected chi connectivity index (χ3v) is 20.5. The molecule has 0 aliphatic heterocycles. The highest BCUT2D eigenvalue weighted by Gasteiger charge is 2.38. The summed E-state index contributed by atoms with van der Waals surface area (Å²) in [7, 11) is 0. The van der Waals surface area contributed by atoms with Gasteiger partial charge in [0.1, 0.15) is 39.3 Å². The summed E-state index contributed by atoms with van der Waals surface area (Å²) in [6, 6.07) is -3.42. The number of rotatable bonds is 56. The Labute approximate surface area is 672 Å². The minimum atomic E-state index is -1.33. The lowest BCUT2D eigenvalue weighted by Gasteiger charge is -2.37. The second-order valence-electron chi connectivity index (χ2n) is 30.8. The van der Waals surface area contributed by atoms with Crippen molar-refractivity contribution in [2.24, 2.45) is 5.73 Å². The van der Waals surface area contributed by atoms with E-state index in [4.69, 9.17) is 5.73 Å². The lowest BCUT2D eigenvalue weighted by atomic mass is 10.1. The summed E-state index contributed by atoms with van der Waals surface area (Å²) in [4.78, 5) is 214. The molecule has 0 aromatic carbocycles. The smallest absolute Gasteiger partial charge is 0.242 e. The van der Waals surface area contributed by atoms with E-state index in [1.807, 2.05) is 48.5 Å². The zero-order chi connectivity index (χ0) is 87.2. The Morgan fingerprint density at radius 3 is 0.549 bits per heavy atom. The second kappa shape index (κ2) is 53.5. The molecule has 0 aliphatic carbocycles. The zero-order valence-electron chi connectivity index (χ0n) is 72.2. The van der Waals surface area contributed by atoms with E-state index in [0.717, 1.165) is 35.8 Å². The van der Waals surface area contributed by atoms with Crippen LogP contribution in [0, 0.1) is 0 Å². The van der Waals surface area contributed by atoms with Gasteiger partial charge >= 0.3 is 0 Å². The number of aliphatic hydroxyl groups is 6. The van der Waals surface area contributed by atoms with Crippen molar-refractivity contribution in [2.45, 2.75) is 289 Å². The first-order chi connectivity index (χ1) is 52.6. The molecule has 14 unspecified atom stereocenters. The van der Waals surface area contributed by atoms with Crippen LogP contribution in [0.25, 0.3) is 0 Å². The monoisotopic (exact) mass is 1610 g/mol. The van der Waals surface area contributed by atoms with Crippen molar-refractivity contribution in [3.63, 3.8) is 0 Å². The number of hydrogen-bond acceptors (Lipinski definition) is 21. The summed E-state index contributed by atoms with van der Waals surface area (Å²) in [5, 5.41) is 67.6. The predicted molar refractivity (Wildman–Crippen MR) is 427 cm³/mol. The molecule has 0 aromatic heterocycles. The fraction of sp³-hybridized carbons (Fsp3) is 0.821. The number of hydrogen-bond donors (Lipinski definition) is 8. The molecule has 9 N–H and O–H groups in total. The maximum Gasteiger partial charge on any atom is 0.242 e. The number of amides is 14. The molecule has 0 aromatic rings. The SMILES string of the molecule is CCC(C)NCC(=O)N(CC(=O)N(CC(=O)N(CC(=O)N(CC(=O)N(CC(=O)N(CC(=O)N(CC(=O)N(CC(=O)N(CC(=O)N(CC(=O)N(CC(=O)N(CC(=O)N(CC(N)=O)C(C)CC)C(C)CC)C(C)CC)C(C)CC)CC(C)O)CC(C)O)CC(C)O)CC(C)O)CC(C)O)CC(C)O)C(C)CC)C(C)CC)C(C)CC. The highest BCUT2D eigenvalue weighted by molar-refractivity contribution is 5.96. The van der Waals surface area contributed by atoms with Crippen LogP contribution in [0.15, 0.2) is 0 Å². The highest BCUT2D eigenvalue weighted by Crippen LogP contribution is 2.18. The van der Waals surface area contributed by atoms with Gasteiger partial charge in [-0.1, -0.05) is 55.4 Å². The van der Waals surface area contributed by atoms with E-state index in [0.29, 0.717) is 44.9 Å². The highest BCUT2D eigenvalue weighted by atomic mass is 16.3. The zero-order valence-corrected chi connectivity index (χ0v) is 72.2. The Bertz CT molecular complexity index is 3020. The number of nitrogens with zero attached hydrogens (tertiary/aromatic N) is 13. The number of nitrogens with two attached hydrogens (primary N) is 1. The van der Waals surface area contributed by atoms with E-state index < -0.39 is 255 Å². The third kappa shape index (κ3) is 38.1. The first-order valence-electron chi connectivity index (χ1n) is 40.5. The van der Waals surface area contributed by atoms with Crippen molar-refractivity contribution in [2.75, 3.05) is 131 Å². The van der Waals surface area contributed by atoms with E-state index in [1.165, 1.54) is 75.8 Å². The Balaban J connectivity index is 7.22. The molecule has 35 nitrogen and oxygen atoms in total. The summed E-state index contributed by atoms with van der Waals surface area (Å²) < 4.78 is 0. The minimum absolute atomic E-state index is 0.000108. The first-order valence-corrected chi connectivity index (χ1v) is 40.5. The van der Waals surface area contributed by atoms with Crippen molar-refractivity contribution in [3.8, 4) is 0 Å². The molecule has 14 atom stereocenters. The quantitative estimate of drug-likeness (QED) is 0.0381. The minimum Gasteiger partial charge on any atom is -0.392 e. The number of primary amides is 1. The average molecular weight is 1610 g/mol. The number of carbonyl (C=O) groups is 14. The van der Waals surface area contributed by atoms with Gasteiger partial charge in [-0.15, -0.1) is 0 Å². The molecule has 0 heterocycles. The van der Waals surface area contributed by atoms with Crippen LogP contribution in [0.5, 0.6) is 0 Å². The van der Waals surface area contributed by atoms with Crippen LogP contribution in [0.2, 0.25) is 0 Å². The molecular formula is C78H145N15O20. The molecule has 0 bridgehead atoms. The Morgan fingerprint density at radius 1 is 0.230 bits per heavy atom. The topological polar surface area (TPSA) is 441 Å². The van der Waals surface area contributed by atoms with Crippen LogP contribution >= 0.6 is 0 Å². The standard InChI is InChI=1S/C78H145N15O20/c1-23-51(9)80-31-66(101)88(53(11)25-3)46-75(110)92(57(15)29-7)49-76(111)89(54(12)26-4)45-72(107)85(36-63(21)98)43-70(105)83(34-61(19)96)41-68(103)81(32-59(17)94)39-67(102)82(33-60(18)95)40-69(104)84(35-62(20)97)42-71(106)86(37-64(22)99)44-73(108)90(55(13)27-5)48-77(112)93(58(16)30-8)50-78(113)91(56(14)28-6)47-74(109)87(38-65(79)100)52(10)24-2/h51-64,80,94-99H,23-50H2,1-22H3,(H2,79,100). The van der Waals surface area contributed by atoms with Crippen LogP contribution in [0.3, 0.4) is 0 Å². The summed E-state index contributed by atoms with van der Waals surface area (Å²) in [5.41, 5.74) is 5.49. The van der Waals surface area contributed by atoms with Crippen LogP contribution in [0.4, 0.5) is 0 Å². The van der Waals surface area contributed by atoms with E-state index in [2.05, 4.69) is 5.32 Å². The molecule has 35 heteroatoms. The molecule has 652 valence electrons. The van der Waals surface area contributed by atoms with Gasteiger partial charge in [0.2, 0.25) is 82.7 Å². The van der Waals surface area contributed by atoms with Crippen LogP contribution in [-0.4, -0.2) is 393 Å². The number of carbonyl (C=O) groups excluding carboxylic acids is 14. The number of aliphatic hydroxyl groups excluding tert-OH is 6. The van der Waals surface area contributed by atoms with Crippen molar-refractivity contribution in [1.29, 1.82) is 0 Å². The van der Waals surface area contributed by atoms with Gasteiger partial charge in [-0.3, -0.25) is 67.1 Å². The van der Waals surface area contributed by atoms with Crippen molar-refractivity contribution < 1.29 is 97.8 Å². The van der Waals surface area contributed by atoms with Crippen LogP contribution < -0.4 is 11.1 Å². The van der Waals surface area contributed by atoms with E-state index in [9.17, 15) is 97.8 Å². The van der Waals surface area contributed by atoms with Gasteiger partial charge in [-0.25, -0.2) is 0 Å². The van der Waals surface area contributed by atoms with E-state index >= 15 is 0 Å². The van der Waals surface area contributed by atoms with Crippen molar-refractivity contribution >= 4 is 82.7 Å². The predicted octanol–water partition coefficient (Wildman–Crippen LogP) is -0.494. The Kier molecular flexibility index (Phi) is 49.8. The third-order valence-electron chi connectivity index (χ3n) is 20.5. The molecule has 0 saturated carbocycles.